The molecule has 0 aliphatic heterocycles. The van der Waals surface area contributed by atoms with Crippen molar-refractivity contribution in [2.45, 2.75) is 6.54 Å². The topological polar surface area (TPSA) is 120 Å². The van der Waals surface area contributed by atoms with Gasteiger partial charge in [-0.05, 0) is 30.3 Å². The molecular formula is C21H21N7O3. The lowest BCUT2D eigenvalue weighted by Crippen LogP contribution is -2.31. The van der Waals surface area contributed by atoms with Crippen molar-refractivity contribution >= 4 is 5.91 Å². The van der Waals surface area contributed by atoms with Crippen LogP contribution in [0.15, 0.2) is 59.5 Å². The van der Waals surface area contributed by atoms with Gasteiger partial charge in [-0.1, -0.05) is 18.2 Å². The lowest BCUT2D eigenvalue weighted by molar-refractivity contribution is 0.0946. The van der Waals surface area contributed by atoms with Crippen LogP contribution in [0.3, 0.4) is 0 Å². The molecule has 0 atom stereocenters. The quantitative estimate of drug-likeness (QED) is 0.468. The van der Waals surface area contributed by atoms with Crippen molar-refractivity contribution in [2.75, 3.05) is 13.7 Å². The molecule has 1 amide bonds. The molecule has 0 fully saturated rings. The Bertz CT molecular complexity index is 1260. The maximum Gasteiger partial charge on any atom is 0.346 e. The molecule has 10 nitrogen and oxygen atoms in total. The summed E-state index contributed by atoms with van der Waals surface area (Å²) in [5, 5.41) is 14.0. The largest absolute Gasteiger partial charge is 0.497 e. The molecule has 4 aromatic rings. The first-order chi connectivity index (χ1) is 15.1. The number of rotatable bonds is 7. The fourth-order valence-corrected chi connectivity index (χ4v) is 3.09. The second-order valence-electron chi connectivity index (χ2n) is 6.76. The van der Waals surface area contributed by atoms with E-state index >= 15 is 0 Å². The molecule has 158 valence electrons. The minimum absolute atomic E-state index is 0.224. The van der Waals surface area contributed by atoms with Crippen LogP contribution in [-0.4, -0.2) is 49.1 Å². The first-order valence-corrected chi connectivity index (χ1v) is 9.60. The molecule has 31 heavy (non-hydrogen) atoms. The van der Waals surface area contributed by atoms with E-state index in [1.54, 1.807) is 38.6 Å². The Morgan fingerprint density at radius 1 is 1.16 bits per heavy atom. The molecule has 10 heteroatoms. The minimum Gasteiger partial charge on any atom is -0.497 e. The number of amides is 1. The lowest BCUT2D eigenvalue weighted by Gasteiger charge is -2.03. The standard InChI is InChI=1S/C21H21N7O3/c1-27-19(16-8-3-4-9-22-16)26-28(21(27)30)11-10-23-20(29)18-13-17(24-25-18)14-6-5-7-15(12-14)31-2/h3-9,12-13H,10-11H2,1-2H3,(H,23,29)(H,24,25). The van der Waals surface area contributed by atoms with Crippen LogP contribution in [-0.2, 0) is 13.6 Å². The third-order valence-electron chi connectivity index (χ3n) is 4.73. The fourth-order valence-electron chi connectivity index (χ4n) is 3.09. The SMILES string of the molecule is COc1cccc(-c2cc(C(=O)NCCn3nc(-c4ccccn4)n(C)c3=O)[nH]n2)c1. The number of aromatic nitrogens is 6. The van der Waals surface area contributed by atoms with Gasteiger partial charge in [-0.3, -0.25) is 19.4 Å². The summed E-state index contributed by atoms with van der Waals surface area (Å²) in [6.07, 6.45) is 1.64. The predicted molar refractivity (Wildman–Crippen MR) is 114 cm³/mol. The third kappa shape index (κ3) is 4.22. The van der Waals surface area contributed by atoms with E-state index in [1.165, 1.54) is 9.25 Å². The van der Waals surface area contributed by atoms with E-state index in [2.05, 4.69) is 25.6 Å². The summed E-state index contributed by atoms with van der Waals surface area (Å²) in [6, 6.07) is 14.5. The molecule has 3 aromatic heterocycles. The second kappa shape index (κ2) is 8.66. The molecule has 0 saturated carbocycles. The summed E-state index contributed by atoms with van der Waals surface area (Å²) in [4.78, 5) is 29.1. The van der Waals surface area contributed by atoms with E-state index in [-0.39, 0.29) is 24.7 Å². The third-order valence-corrected chi connectivity index (χ3v) is 4.73. The van der Waals surface area contributed by atoms with E-state index in [0.29, 0.717) is 28.7 Å². The van der Waals surface area contributed by atoms with Gasteiger partial charge in [0.05, 0.1) is 19.3 Å². The zero-order valence-corrected chi connectivity index (χ0v) is 17.1. The van der Waals surface area contributed by atoms with Crippen molar-refractivity contribution in [2.24, 2.45) is 7.05 Å². The Morgan fingerprint density at radius 3 is 2.81 bits per heavy atom. The fraction of sp³-hybridized carbons (Fsp3) is 0.190. The number of hydrogen-bond donors (Lipinski definition) is 2. The van der Waals surface area contributed by atoms with Gasteiger partial charge >= 0.3 is 5.69 Å². The Hall–Kier alpha value is -4.21. The van der Waals surface area contributed by atoms with E-state index in [9.17, 15) is 9.59 Å². The van der Waals surface area contributed by atoms with Gasteiger partial charge in [0, 0.05) is 25.4 Å². The lowest BCUT2D eigenvalue weighted by atomic mass is 10.1. The monoisotopic (exact) mass is 419 g/mol. The summed E-state index contributed by atoms with van der Waals surface area (Å²) in [5.74, 6) is 0.848. The van der Waals surface area contributed by atoms with Crippen molar-refractivity contribution < 1.29 is 9.53 Å². The maximum absolute atomic E-state index is 12.5. The minimum atomic E-state index is -0.324. The maximum atomic E-state index is 12.5. The molecule has 0 saturated heterocycles. The average molecular weight is 419 g/mol. The van der Waals surface area contributed by atoms with Gasteiger partial charge in [0.2, 0.25) is 0 Å². The van der Waals surface area contributed by atoms with Crippen LogP contribution in [0, 0.1) is 0 Å². The number of nitrogens with zero attached hydrogens (tertiary/aromatic N) is 5. The molecule has 2 N–H and O–H groups in total. The number of aromatic amines is 1. The van der Waals surface area contributed by atoms with E-state index in [0.717, 1.165) is 5.56 Å². The number of nitrogens with one attached hydrogen (secondary N) is 2. The van der Waals surface area contributed by atoms with Crippen molar-refractivity contribution in [1.82, 2.24) is 34.8 Å². The van der Waals surface area contributed by atoms with E-state index < -0.39 is 0 Å². The first-order valence-electron chi connectivity index (χ1n) is 9.60. The normalized spacial score (nSPS) is 10.8. The molecule has 0 aliphatic rings. The summed E-state index contributed by atoms with van der Waals surface area (Å²) in [7, 11) is 3.23. The molecule has 0 radical (unpaired) electrons. The average Bonchev–Trinajstić information content (AvgIpc) is 3.41. The summed E-state index contributed by atoms with van der Waals surface area (Å²) < 4.78 is 7.95. The van der Waals surface area contributed by atoms with Crippen LogP contribution >= 0.6 is 0 Å². The van der Waals surface area contributed by atoms with E-state index in [1.807, 2.05) is 30.3 Å². The zero-order chi connectivity index (χ0) is 21.8. The van der Waals surface area contributed by atoms with Gasteiger partial charge in [-0.25, -0.2) is 9.48 Å². The number of ether oxygens (including phenoxy) is 1. The molecule has 1 aromatic carbocycles. The Balaban J connectivity index is 1.40. The number of hydrogen-bond acceptors (Lipinski definition) is 6. The van der Waals surface area contributed by atoms with Crippen LogP contribution in [0.5, 0.6) is 5.75 Å². The summed E-state index contributed by atoms with van der Waals surface area (Å²) >= 11 is 0. The van der Waals surface area contributed by atoms with Gasteiger partial charge in [0.15, 0.2) is 5.82 Å². The summed E-state index contributed by atoms with van der Waals surface area (Å²) in [5.41, 5.74) is 2.10. The molecule has 0 spiro atoms. The van der Waals surface area contributed by atoms with Crippen LogP contribution in [0.2, 0.25) is 0 Å². The van der Waals surface area contributed by atoms with Crippen molar-refractivity contribution in [3.05, 3.63) is 70.9 Å². The van der Waals surface area contributed by atoms with Crippen LogP contribution in [0.1, 0.15) is 10.5 Å². The predicted octanol–water partition coefficient (Wildman–Crippen LogP) is 1.47. The van der Waals surface area contributed by atoms with Crippen LogP contribution in [0.25, 0.3) is 22.8 Å². The first kappa shape index (κ1) is 20.1. The molecule has 3 heterocycles. The summed E-state index contributed by atoms with van der Waals surface area (Å²) in [6.45, 7) is 0.451. The number of benzene rings is 1. The number of H-pyrrole nitrogens is 1. The van der Waals surface area contributed by atoms with Gasteiger partial charge in [0.25, 0.3) is 5.91 Å². The highest BCUT2D eigenvalue weighted by atomic mass is 16.5. The second-order valence-corrected chi connectivity index (χ2v) is 6.76. The van der Waals surface area contributed by atoms with Crippen LogP contribution < -0.4 is 15.7 Å². The molecule has 0 aliphatic carbocycles. The number of carbonyl (C=O) groups excluding carboxylic acids is 1. The molecule has 0 unspecified atom stereocenters. The zero-order valence-electron chi connectivity index (χ0n) is 17.1. The smallest absolute Gasteiger partial charge is 0.346 e. The molecule has 0 bridgehead atoms. The number of methoxy groups -OCH3 is 1. The Morgan fingerprint density at radius 2 is 2.03 bits per heavy atom. The van der Waals surface area contributed by atoms with Crippen molar-refractivity contribution in [3.63, 3.8) is 0 Å². The Kier molecular flexibility index (Phi) is 5.61. The number of pyridine rings is 1. The van der Waals surface area contributed by atoms with Crippen LogP contribution in [0.4, 0.5) is 0 Å². The van der Waals surface area contributed by atoms with Crippen molar-refractivity contribution in [3.8, 4) is 28.5 Å². The highest BCUT2D eigenvalue weighted by Gasteiger charge is 2.14. The van der Waals surface area contributed by atoms with E-state index in [4.69, 9.17) is 4.74 Å². The molecule has 4 rings (SSSR count). The molecular weight excluding hydrogens is 398 g/mol. The Labute approximate surface area is 177 Å². The highest BCUT2D eigenvalue weighted by molar-refractivity contribution is 5.93. The van der Waals surface area contributed by atoms with Gasteiger partial charge in [-0.2, -0.15) is 5.10 Å². The van der Waals surface area contributed by atoms with Gasteiger partial charge in [0.1, 0.15) is 17.1 Å². The van der Waals surface area contributed by atoms with Crippen molar-refractivity contribution in [1.29, 1.82) is 0 Å². The highest BCUT2D eigenvalue weighted by Crippen LogP contribution is 2.22. The van der Waals surface area contributed by atoms with Gasteiger partial charge < -0.3 is 10.1 Å². The number of carbonyl (C=O) groups is 1. The van der Waals surface area contributed by atoms with Gasteiger partial charge in [-0.15, -0.1) is 5.10 Å².